The SMILES string of the molecule is CC(=O)c1ccc(S(=O)(=O)Nc2ccc(Oc3cc(-n4cccn4)ncn3)cc2)cc1. The molecule has 0 fully saturated rings. The van der Waals surface area contributed by atoms with Crippen LogP contribution in [0, 0.1) is 0 Å². The van der Waals surface area contributed by atoms with Crippen LogP contribution in [0.1, 0.15) is 17.3 Å². The first-order chi connectivity index (χ1) is 14.9. The highest BCUT2D eigenvalue weighted by atomic mass is 32.2. The van der Waals surface area contributed by atoms with E-state index in [-0.39, 0.29) is 10.7 Å². The Labute approximate surface area is 178 Å². The van der Waals surface area contributed by atoms with Gasteiger partial charge >= 0.3 is 0 Å². The van der Waals surface area contributed by atoms with E-state index in [1.165, 1.54) is 37.5 Å². The fourth-order valence-electron chi connectivity index (χ4n) is 2.71. The van der Waals surface area contributed by atoms with E-state index < -0.39 is 10.0 Å². The van der Waals surface area contributed by atoms with E-state index in [2.05, 4.69) is 19.8 Å². The third-order valence-electron chi connectivity index (χ3n) is 4.27. The van der Waals surface area contributed by atoms with Crippen LogP contribution in [0.2, 0.25) is 0 Å². The molecule has 0 radical (unpaired) electrons. The number of nitrogens with zero attached hydrogens (tertiary/aromatic N) is 4. The number of hydrogen-bond donors (Lipinski definition) is 1. The van der Waals surface area contributed by atoms with Crippen molar-refractivity contribution in [3.63, 3.8) is 0 Å². The second kappa shape index (κ2) is 8.36. The number of benzene rings is 2. The Morgan fingerprint density at radius 1 is 1.03 bits per heavy atom. The third kappa shape index (κ3) is 4.75. The zero-order valence-corrected chi connectivity index (χ0v) is 17.2. The summed E-state index contributed by atoms with van der Waals surface area (Å²) in [6.45, 7) is 1.42. The number of nitrogens with one attached hydrogen (secondary N) is 1. The van der Waals surface area contributed by atoms with Crippen molar-refractivity contribution in [1.29, 1.82) is 0 Å². The maximum absolute atomic E-state index is 12.6. The summed E-state index contributed by atoms with van der Waals surface area (Å²) >= 11 is 0. The average molecular weight is 435 g/mol. The smallest absolute Gasteiger partial charge is 0.261 e. The highest BCUT2D eigenvalue weighted by molar-refractivity contribution is 7.92. The molecule has 31 heavy (non-hydrogen) atoms. The summed E-state index contributed by atoms with van der Waals surface area (Å²) in [5, 5.41) is 4.11. The van der Waals surface area contributed by atoms with Crippen LogP contribution in [0.3, 0.4) is 0 Å². The molecule has 2 aromatic heterocycles. The van der Waals surface area contributed by atoms with Gasteiger partial charge in [-0.15, -0.1) is 0 Å². The second-order valence-corrected chi connectivity index (χ2v) is 8.16. The minimum Gasteiger partial charge on any atom is -0.439 e. The number of sulfonamides is 1. The van der Waals surface area contributed by atoms with Crippen LogP contribution in [0.4, 0.5) is 5.69 Å². The van der Waals surface area contributed by atoms with Crippen molar-refractivity contribution in [2.45, 2.75) is 11.8 Å². The van der Waals surface area contributed by atoms with Crippen molar-refractivity contribution in [3.05, 3.63) is 84.9 Å². The monoisotopic (exact) mass is 435 g/mol. The standard InChI is InChI=1S/C21H17N5O4S/c1-15(27)16-3-9-19(10-4-16)31(28,29)25-17-5-7-18(8-6-17)30-21-13-20(22-14-23-21)26-12-2-11-24-26/h2-14,25H,1H3. The quantitative estimate of drug-likeness (QED) is 0.442. The van der Waals surface area contributed by atoms with Crippen LogP contribution in [0.5, 0.6) is 11.6 Å². The van der Waals surface area contributed by atoms with Crippen LogP contribution in [-0.4, -0.2) is 33.9 Å². The topological polar surface area (TPSA) is 116 Å². The van der Waals surface area contributed by atoms with Gasteiger partial charge in [0.25, 0.3) is 10.0 Å². The third-order valence-corrected chi connectivity index (χ3v) is 5.66. The van der Waals surface area contributed by atoms with Crippen molar-refractivity contribution in [2.24, 2.45) is 0 Å². The van der Waals surface area contributed by atoms with E-state index in [0.717, 1.165) is 0 Å². The molecule has 0 saturated carbocycles. The number of hydrogen-bond acceptors (Lipinski definition) is 7. The Hall–Kier alpha value is -4.05. The van der Waals surface area contributed by atoms with E-state index >= 15 is 0 Å². The number of aromatic nitrogens is 4. The molecule has 4 rings (SSSR count). The second-order valence-electron chi connectivity index (χ2n) is 6.48. The molecule has 156 valence electrons. The number of rotatable bonds is 7. The summed E-state index contributed by atoms with van der Waals surface area (Å²) in [7, 11) is -3.79. The fourth-order valence-corrected chi connectivity index (χ4v) is 3.77. The lowest BCUT2D eigenvalue weighted by molar-refractivity contribution is 0.101. The van der Waals surface area contributed by atoms with E-state index in [0.29, 0.717) is 28.7 Å². The first-order valence-electron chi connectivity index (χ1n) is 9.14. The lowest BCUT2D eigenvalue weighted by Gasteiger charge is -2.10. The minimum atomic E-state index is -3.79. The van der Waals surface area contributed by atoms with E-state index in [9.17, 15) is 13.2 Å². The summed E-state index contributed by atoms with van der Waals surface area (Å²) in [4.78, 5) is 19.6. The highest BCUT2D eigenvalue weighted by Crippen LogP contribution is 2.24. The summed E-state index contributed by atoms with van der Waals surface area (Å²) < 4.78 is 34.9. The number of ether oxygens (including phenoxy) is 1. The Balaban J connectivity index is 1.46. The molecule has 4 aromatic rings. The number of anilines is 1. The Bertz CT molecular complexity index is 1300. The highest BCUT2D eigenvalue weighted by Gasteiger charge is 2.15. The lowest BCUT2D eigenvalue weighted by Crippen LogP contribution is -2.13. The average Bonchev–Trinajstić information content (AvgIpc) is 3.30. The Morgan fingerprint density at radius 3 is 2.42 bits per heavy atom. The van der Waals surface area contributed by atoms with Gasteiger partial charge in [-0.1, -0.05) is 12.1 Å². The van der Waals surface area contributed by atoms with E-state index in [1.54, 1.807) is 53.5 Å². The van der Waals surface area contributed by atoms with Crippen LogP contribution in [0.25, 0.3) is 5.82 Å². The molecule has 0 spiro atoms. The number of carbonyl (C=O) groups is 1. The summed E-state index contributed by atoms with van der Waals surface area (Å²) in [5.41, 5.74) is 0.809. The van der Waals surface area contributed by atoms with Gasteiger partial charge in [-0.3, -0.25) is 9.52 Å². The molecule has 0 aliphatic carbocycles. The summed E-state index contributed by atoms with van der Waals surface area (Å²) in [5.74, 6) is 1.21. The van der Waals surface area contributed by atoms with Gasteiger partial charge in [0.1, 0.15) is 12.1 Å². The maximum atomic E-state index is 12.6. The first kappa shape index (κ1) is 20.2. The molecule has 2 heterocycles. The maximum Gasteiger partial charge on any atom is 0.261 e. The van der Waals surface area contributed by atoms with Crippen molar-refractivity contribution < 1.29 is 17.9 Å². The molecule has 9 nitrogen and oxygen atoms in total. The normalized spacial score (nSPS) is 11.1. The van der Waals surface area contributed by atoms with Crippen molar-refractivity contribution >= 4 is 21.5 Å². The molecular weight excluding hydrogens is 418 g/mol. The molecule has 2 aromatic carbocycles. The lowest BCUT2D eigenvalue weighted by atomic mass is 10.2. The predicted molar refractivity (Wildman–Crippen MR) is 113 cm³/mol. The van der Waals surface area contributed by atoms with Crippen LogP contribution >= 0.6 is 0 Å². The van der Waals surface area contributed by atoms with E-state index in [4.69, 9.17) is 4.74 Å². The molecule has 1 N–H and O–H groups in total. The van der Waals surface area contributed by atoms with E-state index in [1.807, 2.05) is 0 Å². The molecule has 10 heteroatoms. The molecular formula is C21H17N5O4S. The van der Waals surface area contributed by atoms with Crippen molar-refractivity contribution in [3.8, 4) is 17.4 Å². The van der Waals surface area contributed by atoms with Crippen LogP contribution < -0.4 is 9.46 Å². The first-order valence-corrected chi connectivity index (χ1v) is 10.6. The molecule has 0 unspecified atom stereocenters. The van der Waals surface area contributed by atoms with Gasteiger partial charge in [-0.25, -0.2) is 23.1 Å². The summed E-state index contributed by atoms with van der Waals surface area (Å²) in [6, 6.07) is 15.5. The summed E-state index contributed by atoms with van der Waals surface area (Å²) in [6.07, 6.45) is 4.76. The van der Waals surface area contributed by atoms with Gasteiger partial charge in [0.2, 0.25) is 5.88 Å². The predicted octanol–water partition coefficient (Wildman–Crippen LogP) is 3.46. The molecule has 0 amide bonds. The Morgan fingerprint density at radius 2 is 1.77 bits per heavy atom. The van der Waals surface area contributed by atoms with Gasteiger partial charge in [0, 0.05) is 29.7 Å². The van der Waals surface area contributed by atoms with Gasteiger partial charge in [-0.05, 0) is 49.4 Å². The molecule has 0 bridgehead atoms. The molecule has 0 saturated heterocycles. The molecule has 0 atom stereocenters. The number of carbonyl (C=O) groups excluding carboxylic acids is 1. The van der Waals surface area contributed by atoms with Gasteiger partial charge in [0.15, 0.2) is 11.6 Å². The van der Waals surface area contributed by atoms with Crippen LogP contribution in [0.15, 0.2) is 84.3 Å². The zero-order valence-electron chi connectivity index (χ0n) is 16.3. The van der Waals surface area contributed by atoms with Gasteiger partial charge in [-0.2, -0.15) is 5.10 Å². The minimum absolute atomic E-state index is 0.0602. The molecule has 0 aliphatic heterocycles. The fraction of sp³-hybridized carbons (Fsp3) is 0.0476. The number of ketones is 1. The van der Waals surface area contributed by atoms with Crippen molar-refractivity contribution in [2.75, 3.05) is 4.72 Å². The number of Topliss-reactive ketones (excluding diaryl/α,β-unsaturated/α-hetero) is 1. The molecule has 0 aliphatic rings. The van der Waals surface area contributed by atoms with Crippen molar-refractivity contribution in [1.82, 2.24) is 19.7 Å². The Kier molecular flexibility index (Phi) is 5.46. The van der Waals surface area contributed by atoms with Gasteiger partial charge in [0.05, 0.1) is 4.90 Å². The zero-order chi connectivity index (χ0) is 21.8. The van der Waals surface area contributed by atoms with Gasteiger partial charge < -0.3 is 4.74 Å². The largest absolute Gasteiger partial charge is 0.439 e. The van der Waals surface area contributed by atoms with Crippen LogP contribution in [-0.2, 0) is 10.0 Å².